The molecule has 3 N–H and O–H groups in total. The van der Waals surface area contributed by atoms with Gasteiger partial charge in [-0.1, -0.05) is 279 Å². The van der Waals surface area contributed by atoms with E-state index in [4.69, 9.17) is 37.0 Å². The predicted molar refractivity (Wildman–Crippen MR) is 454 cm³/mol. The molecule has 0 fully saturated rings. The minimum Gasteiger partial charge on any atom is -0.462 e. The van der Waals surface area contributed by atoms with Gasteiger partial charge in [0.05, 0.1) is 26.4 Å². The molecule has 0 aliphatic carbocycles. The largest absolute Gasteiger partial charge is 0.472 e. The summed E-state index contributed by atoms with van der Waals surface area (Å²) in [7, 11) is -10.0. The molecule has 0 rings (SSSR count). The van der Waals surface area contributed by atoms with Crippen LogP contribution in [0.2, 0.25) is 0 Å². The van der Waals surface area contributed by atoms with Gasteiger partial charge in [-0.2, -0.15) is 0 Å². The van der Waals surface area contributed by atoms with Crippen molar-refractivity contribution in [1.82, 2.24) is 0 Å². The van der Waals surface area contributed by atoms with Crippen LogP contribution in [0.3, 0.4) is 0 Å². The first-order valence-electron chi connectivity index (χ1n) is 41.3. The lowest BCUT2D eigenvalue weighted by molar-refractivity contribution is -0.161. The Balaban J connectivity index is 5.53. The van der Waals surface area contributed by atoms with Crippen LogP contribution < -0.4 is 0 Å². The first-order chi connectivity index (χ1) is 53.7. The van der Waals surface area contributed by atoms with E-state index in [0.29, 0.717) is 38.5 Å². The zero-order valence-electron chi connectivity index (χ0n) is 67.8. The number of carbonyl (C=O) groups excluding carboxylic acids is 4. The molecule has 17 nitrogen and oxygen atoms in total. The lowest BCUT2D eigenvalue weighted by atomic mass is 10.1. The van der Waals surface area contributed by atoms with E-state index in [1.807, 2.05) is 12.2 Å². The molecule has 0 heterocycles. The van der Waals surface area contributed by atoms with Gasteiger partial charge in [-0.3, -0.25) is 37.3 Å². The number of phosphoric ester groups is 2. The number of hydrogen-bond acceptors (Lipinski definition) is 15. The molecule has 19 heteroatoms. The smallest absolute Gasteiger partial charge is 0.462 e. The molecule has 0 saturated carbocycles. The minimum atomic E-state index is -5.02. The summed E-state index contributed by atoms with van der Waals surface area (Å²) in [5.41, 5.74) is 0. The molecule has 0 aromatic carbocycles. The topological polar surface area (TPSA) is 237 Å². The van der Waals surface area contributed by atoms with Crippen molar-refractivity contribution in [2.45, 2.75) is 303 Å². The van der Waals surface area contributed by atoms with Crippen LogP contribution in [0.1, 0.15) is 285 Å². The Hall–Kier alpha value is -6.36. The average Bonchev–Trinajstić information content (AvgIpc) is 0.900. The first-order valence-corrected chi connectivity index (χ1v) is 44.3. The van der Waals surface area contributed by atoms with Gasteiger partial charge in [0.25, 0.3) is 0 Å². The number of ether oxygens (including phenoxy) is 4. The van der Waals surface area contributed by atoms with E-state index < -0.39 is 97.5 Å². The lowest BCUT2D eigenvalue weighted by Gasteiger charge is -2.21. The van der Waals surface area contributed by atoms with Gasteiger partial charge in [0, 0.05) is 25.7 Å². The molecule has 0 aliphatic rings. The summed E-state index contributed by atoms with van der Waals surface area (Å²) in [6.45, 7) is 4.31. The Morgan fingerprint density at radius 3 is 0.791 bits per heavy atom. The number of allylic oxidation sites excluding steroid dienone is 34. The van der Waals surface area contributed by atoms with Crippen LogP contribution in [0.15, 0.2) is 207 Å². The van der Waals surface area contributed by atoms with Crippen molar-refractivity contribution >= 4 is 39.5 Å². The molecule has 0 amide bonds. The van der Waals surface area contributed by atoms with Gasteiger partial charge in [0.2, 0.25) is 0 Å². The minimum absolute atomic E-state index is 0.0209. The molecule has 0 aromatic rings. The molecule has 5 unspecified atom stereocenters. The third-order valence-corrected chi connectivity index (χ3v) is 18.1. The fraction of sp³-hybridized carbons (Fsp3) is 0.582. The number of rotatable bonds is 75. The number of hydrogen-bond donors (Lipinski definition) is 3. The average molecular weight is 1570 g/mol. The number of carbonyl (C=O) groups is 4. The van der Waals surface area contributed by atoms with Crippen LogP contribution >= 0.6 is 15.6 Å². The van der Waals surface area contributed by atoms with Gasteiger partial charge < -0.3 is 33.8 Å². The Bertz CT molecular complexity index is 2900. The van der Waals surface area contributed by atoms with Gasteiger partial charge in [-0.25, -0.2) is 9.13 Å². The predicted octanol–water partition coefficient (Wildman–Crippen LogP) is 24.7. The molecule has 0 aliphatic heterocycles. The third-order valence-electron chi connectivity index (χ3n) is 16.2. The Kier molecular flexibility index (Phi) is 76.0. The first kappa shape index (κ1) is 104. The molecular formula is C91H144O17P2. The van der Waals surface area contributed by atoms with E-state index >= 15 is 0 Å². The number of phosphoric acid groups is 2. The fourth-order valence-corrected chi connectivity index (χ4v) is 11.6. The van der Waals surface area contributed by atoms with Crippen LogP contribution in [0, 0.1) is 0 Å². The van der Waals surface area contributed by atoms with Crippen LogP contribution in [0.25, 0.3) is 0 Å². The van der Waals surface area contributed by atoms with Crippen LogP contribution in [0.5, 0.6) is 0 Å². The van der Waals surface area contributed by atoms with Crippen molar-refractivity contribution in [3.8, 4) is 0 Å². The molecular weight excluding hydrogens is 1430 g/mol. The number of aliphatic hydroxyl groups is 1. The summed E-state index contributed by atoms with van der Waals surface area (Å²) in [6.07, 6.45) is 101. The summed E-state index contributed by atoms with van der Waals surface area (Å²) in [5.74, 6) is -2.36. The van der Waals surface area contributed by atoms with Gasteiger partial charge in [0.1, 0.15) is 19.3 Å². The van der Waals surface area contributed by atoms with Gasteiger partial charge >= 0.3 is 39.5 Å². The fourth-order valence-electron chi connectivity index (χ4n) is 10.0. The maximum Gasteiger partial charge on any atom is 0.472 e. The van der Waals surface area contributed by atoms with Crippen molar-refractivity contribution in [2.24, 2.45) is 0 Å². The molecule has 0 spiro atoms. The molecule has 110 heavy (non-hydrogen) atoms. The Morgan fingerprint density at radius 1 is 0.264 bits per heavy atom. The number of unbranched alkanes of at least 4 members (excludes halogenated alkanes) is 15. The molecule has 0 bridgehead atoms. The van der Waals surface area contributed by atoms with E-state index in [9.17, 15) is 43.2 Å². The van der Waals surface area contributed by atoms with E-state index in [2.05, 4.69) is 222 Å². The Labute approximate surface area is 665 Å². The summed E-state index contributed by atoms with van der Waals surface area (Å²) < 4.78 is 68.6. The van der Waals surface area contributed by atoms with Crippen molar-refractivity contribution in [3.63, 3.8) is 0 Å². The van der Waals surface area contributed by atoms with Crippen molar-refractivity contribution in [3.05, 3.63) is 207 Å². The summed E-state index contributed by atoms with van der Waals surface area (Å²) in [4.78, 5) is 73.2. The normalized spacial score (nSPS) is 14.9. The van der Waals surface area contributed by atoms with Gasteiger partial charge in [0.15, 0.2) is 12.2 Å². The lowest BCUT2D eigenvalue weighted by Crippen LogP contribution is -2.30. The highest BCUT2D eigenvalue weighted by atomic mass is 31.2. The summed E-state index contributed by atoms with van der Waals surface area (Å²) in [6, 6.07) is 0. The van der Waals surface area contributed by atoms with Gasteiger partial charge in [-0.05, 0) is 186 Å². The maximum absolute atomic E-state index is 13.1. The van der Waals surface area contributed by atoms with E-state index in [0.717, 1.165) is 173 Å². The quantitative estimate of drug-likeness (QED) is 0.0169. The number of esters is 4. The van der Waals surface area contributed by atoms with Crippen LogP contribution in [-0.4, -0.2) is 96.7 Å². The highest BCUT2D eigenvalue weighted by molar-refractivity contribution is 7.47. The van der Waals surface area contributed by atoms with E-state index in [1.165, 1.54) is 19.3 Å². The van der Waals surface area contributed by atoms with Gasteiger partial charge in [-0.15, -0.1) is 0 Å². The van der Waals surface area contributed by atoms with Crippen LogP contribution in [0.4, 0.5) is 0 Å². The zero-order valence-corrected chi connectivity index (χ0v) is 69.6. The second-order valence-electron chi connectivity index (χ2n) is 26.6. The number of aliphatic hydroxyl groups excluding tert-OH is 1. The highest BCUT2D eigenvalue weighted by Crippen LogP contribution is 2.45. The van der Waals surface area contributed by atoms with Crippen molar-refractivity contribution in [2.75, 3.05) is 39.6 Å². The molecule has 620 valence electrons. The van der Waals surface area contributed by atoms with Crippen LogP contribution in [-0.2, 0) is 65.4 Å². The summed E-state index contributed by atoms with van der Waals surface area (Å²) >= 11 is 0. The molecule has 0 radical (unpaired) electrons. The van der Waals surface area contributed by atoms with E-state index in [-0.39, 0.29) is 25.7 Å². The molecule has 5 atom stereocenters. The second-order valence-corrected chi connectivity index (χ2v) is 29.5. The maximum atomic E-state index is 13.1. The Morgan fingerprint density at radius 2 is 0.482 bits per heavy atom. The van der Waals surface area contributed by atoms with E-state index in [1.54, 1.807) is 0 Å². The SMILES string of the molecule is CC/C=C\C/C=C\C/C=C\C/C=C\C/C=C\CCCCCC(=O)OCC(COP(=O)(O)OCC(O)COP(=O)(O)OCC(COC(=O)CCC/C=C\C/C=C\C/C=C\C/C=C\C/C=C\CC)OC(=O)CCCC/C=C\C/C=C\C/C=C\C/C=C\CC)OC(=O)CCCCCCCC/C=C\C/C=C\C/C=C\CCCCC. The molecule has 0 saturated heterocycles. The van der Waals surface area contributed by atoms with Crippen molar-refractivity contribution < 1.29 is 80.2 Å². The molecule has 0 aromatic heterocycles. The monoisotopic (exact) mass is 1570 g/mol. The standard InChI is InChI=1S/C91H144O17P2/c1-5-9-13-17-21-25-29-33-37-40-42-45-49-52-56-60-64-68-72-76-89(94)102-82-87(108-91(96)78-74-70-66-62-58-54-50-46-43-41-38-34-30-26-22-18-14-10-6-2)84-106-110(99,100)104-80-85(92)79-103-109(97,98)105-83-86(107-90(95)77-73-69-65-61-57-53-47-36-32-28-24-20-16-12-8-4)81-101-88(93)75-71-67-63-59-55-51-48-44-39-35-31-27-23-19-15-11-7-3/h9,11-13,15-16,21-28,33-39,42-43,45-48,51-52,56-57,59,61,63,85-87,92H,5-8,10,14,17-20,29-32,40-41,44,49-50,53-55,58,60,62,64-84H2,1-4H3,(H,97,98)(H,99,100)/b13-9-,15-11-,16-12-,25-21-,26-22-,27-23-,28-24-,37-33-,38-34-,39-35-,45-42-,46-43-,47-36-,51-48-,56-52-,61-57-,63-59-. The third kappa shape index (κ3) is 79.7. The zero-order chi connectivity index (χ0) is 80.3. The van der Waals surface area contributed by atoms with Crippen molar-refractivity contribution in [1.29, 1.82) is 0 Å². The summed E-state index contributed by atoms with van der Waals surface area (Å²) in [5, 5.41) is 10.7. The second kappa shape index (κ2) is 80.7. The highest BCUT2D eigenvalue weighted by Gasteiger charge is 2.30.